The van der Waals surface area contributed by atoms with Gasteiger partial charge in [0.05, 0.1) is 11.6 Å². The lowest BCUT2D eigenvalue weighted by Gasteiger charge is -2.17. The van der Waals surface area contributed by atoms with Gasteiger partial charge in [0.2, 0.25) is 0 Å². The first-order chi connectivity index (χ1) is 5.25. The van der Waals surface area contributed by atoms with Gasteiger partial charge < -0.3 is 4.90 Å². The van der Waals surface area contributed by atoms with Gasteiger partial charge in [-0.25, -0.2) is 0 Å². The van der Waals surface area contributed by atoms with Crippen LogP contribution in [0.2, 0.25) is 0 Å². The van der Waals surface area contributed by atoms with Crippen molar-refractivity contribution in [2.45, 2.75) is 4.90 Å². The molecule has 0 radical (unpaired) electrons. The Morgan fingerprint density at radius 2 is 2.00 bits per heavy atom. The smallest absolute Gasteiger partial charge is 0.0607 e. The molecule has 1 aromatic rings. The van der Waals surface area contributed by atoms with E-state index < -0.39 is 0 Å². The third kappa shape index (κ3) is 2.07. The summed E-state index contributed by atoms with van der Waals surface area (Å²) in [7, 11) is 1.99. The van der Waals surface area contributed by atoms with Crippen molar-refractivity contribution in [1.82, 2.24) is 0 Å². The molecule has 1 rings (SSSR count). The summed E-state index contributed by atoms with van der Waals surface area (Å²) >= 11 is 8.48. The Kier molecular flexibility index (Phi) is 3.15. The van der Waals surface area contributed by atoms with Gasteiger partial charge in [-0.2, -0.15) is 12.6 Å². The van der Waals surface area contributed by atoms with Gasteiger partial charge >= 0.3 is 0 Å². The molecule has 0 N–H and O–H groups in total. The van der Waals surface area contributed by atoms with Gasteiger partial charge in [-0.1, -0.05) is 12.1 Å². The SMILES string of the molecule is CN(CS)c1ccccc1S. The lowest BCUT2D eigenvalue weighted by Crippen LogP contribution is -2.14. The molecular formula is C8H11NS2. The summed E-state index contributed by atoms with van der Waals surface area (Å²) in [5.74, 6) is 0.706. The highest BCUT2D eigenvalue weighted by molar-refractivity contribution is 7.80. The number of nitrogens with zero attached hydrogens (tertiary/aromatic N) is 1. The summed E-state index contributed by atoms with van der Waals surface area (Å²) in [4.78, 5) is 3.02. The number of hydrogen-bond donors (Lipinski definition) is 2. The van der Waals surface area contributed by atoms with Crippen LogP contribution < -0.4 is 4.90 Å². The maximum absolute atomic E-state index is 4.32. The molecule has 0 amide bonds. The van der Waals surface area contributed by atoms with E-state index >= 15 is 0 Å². The molecule has 0 atom stereocenters. The summed E-state index contributed by atoms with van der Waals surface area (Å²) in [6.45, 7) is 0. The first kappa shape index (κ1) is 8.81. The van der Waals surface area contributed by atoms with Crippen molar-refractivity contribution in [3.63, 3.8) is 0 Å². The van der Waals surface area contributed by atoms with Gasteiger partial charge in [0.25, 0.3) is 0 Å². The molecule has 0 aliphatic rings. The molecule has 0 saturated heterocycles. The van der Waals surface area contributed by atoms with Gasteiger partial charge in [-0.3, -0.25) is 0 Å². The van der Waals surface area contributed by atoms with E-state index in [9.17, 15) is 0 Å². The highest BCUT2D eigenvalue weighted by Gasteiger charge is 2.00. The van der Waals surface area contributed by atoms with Crippen LogP contribution in [0, 0.1) is 0 Å². The molecule has 60 valence electrons. The van der Waals surface area contributed by atoms with Crippen LogP contribution in [0.5, 0.6) is 0 Å². The first-order valence-electron chi connectivity index (χ1n) is 3.35. The second kappa shape index (κ2) is 3.93. The van der Waals surface area contributed by atoms with Gasteiger partial charge in [0, 0.05) is 11.9 Å². The zero-order valence-electron chi connectivity index (χ0n) is 6.36. The molecule has 0 spiro atoms. The number of rotatable bonds is 2. The molecule has 0 unspecified atom stereocenters. The quantitative estimate of drug-likeness (QED) is 0.528. The minimum absolute atomic E-state index is 0.706. The summed E-state index contributed by atoms with van der Waals surface area (Å²) in [6.07, 6.45) is 0. The zero-order valence-corrected chi connectivity index (χ0v) is 8.15. The van der Waals surface area contributed by atoms with Crippen molar-refractivity contribution in [2.24, 2.45) is 0 Å². The van der Waals surface area contributed by atoms with Gasteiger partial charge in [0.15, 0.2) is 0 Å². The van der Waals surface area contributed by atoms with Crippen LogP contribution in [0.3, 0.4) is 0 Å². The Bertz CT molecular complexity index is 237. The molecule has 0 aliphatic carbocycles. The van der Waals surface area contributed by atoms with Crippen molar-refractivity contribution < 1.29 is 0 Å². The van der Waals surface area contributed by atoms with Crippen LogP contribution in [-0.4, -0.2) is 12.9 Å². The van der Waals surface area contributed by atoms with Gasteiger partial charge in [-0.15, -0.1) is 12.6 Å². The van der Waals surface area contributed by atoms with E-state index in [1.54, 1.807) is 0 Å². The minimum atomic E-state index is 0.706. The lowest BCUT2D eigenvalue weighted by atomic mass is 10.3. The fraction of sp³-hybridized carbons (Fsp3) is 0.250. The highest BCUT2D eigenvalue weighted by Crippen LogP contribution is 2.22. The Morgan fingerprint density at radius 3 is 2.55 bits per heavy atom. The van der Waals surface area contributed by atoms with Crippen LogP contribution in [0.25, 0.3) is 0 Å². The van der Waals surface area contributed by atoms with E-state index in [1.807, 2.05) is 36.2 Å². The lowest BCUT2D eigenvalue weighted by molar-refractivity contribution is 1.07. The maximum Gasteiger partial charge on any atom is 0.0607 e. The normalized spacial score (nSPS) is 9.73. The van der Waals surface area contributed by atoms with E-state index in [0.29, 0.717) is 5.88 Å². The summed E-state index contributed by atoms with van der Waals surface area (Å²) in [5, 5.41) is 0. The topological polar surface area (TPSA) is 3.24 Å². The van der Waals surface area contributed by atoms with E-state index in [4.69, 9.17) is 0 Å². The Labute approximate surface area is 78.2 Å². The first-order valence-corrected chi connectivity index (χ1v) is 4.43. The molecule has 3 heteroatoms. The van der Waals surface area contributed by atoms with Crippen molar-refractivity contribution in [3.8, 4) is 0 Å². The second-order valence-electron chi connectivity index (χ2n) is 2.33. The fourth-order valence-corrected chi connectivity index (χ4v) is 1.35. The fourth-order valence-electron chi connectivity index (χ4n) is 0.863. The van der Waals surface area contributed by atoms with E-state index in [2.05, 4.69) is 25.3 Å². The molecule has 1 nitrogen and oxygen atoms in total. The molecule has 0 aromatic heterocycles. The van der Waals surface area contributed by atoms with E-state index in [1.165, 1.54) is 0 Å². The predicted octanol–water partition coefficient (Wildman–Crippen LogP) is 2.30. The maximum atomic E-state index is 4.32. The number of anilines is 1. The predicted molar refractivity (Wildman–Crippen MR) is 56.0 cm³/mol. The molecule has 0 heterocycles. The van der Waals surface area contributed by atoms with Crippen LogP contribution in [-0.2, 0) is 0 Å². The largest absolute Gasteiger partial charge is 0.365 e. The molecule has 0 fully saturated rings. The second-order valence-corrected chi connectivity index (χ2v) is 3.09. The molecule has 0 saturated carbocycles. The monoisotopic (exact) mass is 185 g/mol. The Morgan fingerprint density at radius 1 is 1.36 bits per heavy atom. The molecule has 1 aromatic carbocycles. The van der Waals surface area contributed by atoms with Crippen LogP contribution in [0.15, 0.2) is 29.2 Å². The van der Waals surface area contributed by atoms with E-state index in [0.717, 1.165) is 10.6 Å². The molecule has 11 heavy (non-hydrogen) atoms. The van der Waals surface area contributed by atoms with Crippen LogP contribution in [0.4, 0.5) is 5.69 Å². The molecule has 0 aliphatic heterocycles. The summed E-state index contributed by atoms with van der Waals surface area (Å²) in [5.41, 5.74) is 1.12. The molecular weight excluding hydrogens is 174 g/mol. The average Bonchev–Trinajstić information content (AvgIpc) is 2.04. The summed E-state index contributed by atoms with van der Waals surface area (Å²) in [6, 6.07) is 7.96. The highest BCUT2D eigenvalue weighted by atomic mass is 32.1. The standard InChI is InChI=1S/C8H11NS2/c1-9(6-10)7-4-2-3-5-8(7)11/h2-5,10-11H,6H2,1H3. The number of hydrogen-bond acceptors (Lipinski definition) is 3. The third-order valence-corrected chi connectivity index (χ3v) is 2.31. The average molecular weight is 185 g/mol. The van der Waals surface area contributed by atoms with Crippen molar-refractivity contribution in [1.29, 1.82) is 0 Å². The van der Waals surface area contributed by atoms with Crippen molar-refractivity contribution in [3.05, 3.63) is 24.3 Å². The van der Waals surface area contributed by atoms with Gasteiger partial charge in [-0.05, 0) is 12.1 Å². The third-order valence-electron chi connectivity index (χ3n) is 1.51. The summed E-state index contributed by atoms with van der Waals surface area (Å²) < 4.78 is 0. The van der Waals surface area contributed by atoms with Crippen molar-refractivity contribution >= 4 is 30.9 Å². The Hall–Kier alpha value is -0.280. The minimum Gasteiger partial charge on any atom is -0.365 e. The number of benzene rings is 1. The van der Waals surface area contributed by atoms with Gasteiger partial charge in [0.1, 0.15) is 0 Å². The molecule has 0 bridgehead atoms. The zero-order chi connectivity index (χ0) is 8.27. The van der Waals surface area contributed by atoms with E-state index in [-0.39, 0.29) is 0 Å². The van der Waals surface area contributed by atoms with Crippen molar-refractivity contribution in [2.75, 3.05) is 17.8 Å². The Balaban J connectivity index is 2.93. The number of thiol groups is 2. The van der Waals surface area contributed by atoms with Crippen LogP contribution in [0.1, 0.15) is 0 Å². The van der Waals surface area contributed by atoms with Crippen LogP contribution >= 0.6 is 25.3 Å². The number of para-hydroxylation sites is 1.